The monoisotopic (exact) mass is 281 g/mol. The minimum Gasteiger partial charge on any atom is -0.348 e. The molecule has 4 nitrogen and oxygen atoms in total. The molecule has 1 N–H and O–H groups in total. The number of hydrogen-bond acceptors (Lipinski definition) is 3. The van der Waals surface area contributed by atoms with Crippen molar-refractivity contribution in [3.05, 3.63) is 0 Å². The number of likely N-dealkylation sites (tertiary alicyclic amines) is 1. The fourth-order valence-corrected chi connectivity index (χ4v) is 3.46. The van der Waals surface area contributed by atoms with Crippen LogP contribution in [0.25, 0.3) is 0 Å². The van der Waals surface area contributed by atoms with Gasteiger partial charge in [0, 0.05) is 39.3 Å². The number of piperidine rings is 1. The Morgan fingerprint density at radius 3 is 2.40 bits per heavy atom. The molecule has 1 aliphatic carbocycles. The second-order valence-electron chi connectivity index (χ2n) is 6.87. The lowest BCUT2D eigenvalue weighted by atomic mass is 9.85. The van der Waals surface area contributed by atoms with Crippen molar-refractivity contribution in [3.8, 4) is 0 Å². The third kappa shape index (κ3) is 4.45. The molecule has 2 rings (SSSR count). The molecule has 1 heterocycles. The summed E-state index contributed by atoms with van der Waals surface area (Å²) in [6, 6.07) is 1.38. The first-order valence-electron chi connectivity index (χ1n) is 8.25. The second kappa shape index (κ2) is 7.41. The summed E-state index contributed by atoms with van der Waals surface area (Å²) in [5, 5.41) is 3.88. The van der Waals surface area contributed by atoms with Gasteiger partial charge in [0.25, 0.3) is 0 Å². The summed E-state index contributed by atoms with van der Waals surface area (Å²) in [5.41, 5.74) is 0. The number of nitrogens with zero attached hydrogens (tertiary/aromatic N) is 2. The van der Waals surface area contributed by atoms with E-state index < -0.39 is 0 Å². The number of hydrogen-bond donors (Lipinski definition) is 1. The van der Waals surface area contributed by atoms with E-state index in [0.717, 1.165) is 25.0 Å². The van der Waals surface area contributed by atoms with Crippen LogP contribution in [0, 0.1) is 5.92 Å². The molecular formula is C16H31N3O. The Morgan fingerprint density at radius 2 is 1.80 bits per heavy atom. The Kier molecular flexibility index (Phi) is 5.85. The van der Waals surface area contributed by atoms with Gasteiger partial charge >= 0.3 is 0 Å². The molecule has 1 saturated carbocycles. The average Bonchev–Trinajstić information content (AvgIpc) is 2.43. The largest absolute Gasteiger partial charge is 0.348 e. The smallest absolute Gasteiger partial charge is 0.236 e. The van der Waals surface area contributed by atoms with Crippen LogP contribution >= 0.6 is 0 Å². The summed E-state index contributed by atoms with van der Waals surface area (Å²) >= 11 is 0. The van der Waals surface area contributed by atoms with Gasteiger partial charge in [-0.25, -0.2) is 0 Å². The van der Waals surface area contributed by atoms with Gasteiger partial charge in [-0.1, -0.05) is 19.8 Å². The summed E-state index contributed by atoms with van der Waals surface area (Å²) in [5.74, 6) is 1.05. The Labute approximate surface area is 123 Å². The van der Waals surface area contributed by atoms with E-state index >= 15 is 0 Å². The van der Waals surface area contributed by atoms with Crippen molar-refractivity contribution in [1.82, 2.24) is 15.1 Å². The zero-order chi connectivity index (χ0) is 14.5. The molecule has 1 amide bonds. The van der Waals surface area contributed by atoms with Crippen LogP contribution in [0.5, 0.6) is 0 Å². The molecule has 0 bridgehead atoms. The summed E-state index contributed by atoms with van der Waals surface area (Å²) in [6.45, 7) is 5.08. The Bertz CT molecular complexity index is 311. The minimum absolute atomic E-state index is 0.220. The maximum atomic E-state index is 11.7. The molecule has 0 radical (unpaired) electrons. The number of carbonyl (C=O) groups excluding carboxylic acids is 1. The first-order valence-corrected chi connectivity index (χ1v) is 8.25. The van der Waals surface area contributed by atoms with Crippen LogP contribution < -0.4 is 5.32 Å². The maximum Gasteiger partial charge on any atom is 0.236 e. The van der Waals surface area contributed by atoms with Crippen LogP contribution in [0.1, 0.15) is 45.4 Å². The van der Waals surface area contributed by atoms with Crippen LogP contribution in [0.2, 0.25) is 0 Å². The third-order valence-corrected chi connectivity index (χ3v) is 5.01. The molecule has 2 atom stereocenters. The highest BCUT2D eigenvalue weighted by Crippen LogP contribution is 2.25. The van der Waals surface area contributed by atoms with E-state index in [0.29, 0.717) is 12.6 Å². The zero-order valence-electron chi connectivity index (χ0n) is 13.4. The van der Waals surface area contributed by atoms with Crippen LogP contribution in [0.15, 0.2) is 0 Å². The quantitative estimate of drug-likeness (QED) is 0.852. The molecule has 0 spiro atoms. The molecule has 0 aromatic carbocycles. The van der Waals surface area contributed by atoms with E-state index in [1.165, 1.54) is 38.5 Å². The van der Waals surface area contributed by atoms with Gasteiger partial charge < -0.3 is 10.2 Å². The third-order valence-electron chi connectivity index (χ3n) is 5.01. The molecule has 0 aromatic heterocycles. The highest BCUT2D eigenvalue weighted by atomic mass is 16.2. The van der Waals surface area contributed by atoms with E-state index in [9.17, 15) is 4.79 Å². The van der Waals surface area contributed by atoms with Gasteiger partial charge in [0.1, 0.15) is 0 Å². The summed E-state index contributed by atoms with van der Waals surface area (Å²) in [6.07, 6.45) is 7.89. The van der Waals surface area contributed by atoms with Gasteiger partial charge in [-0.2, -0.15) is 0 Å². The van der Waals surface area contributed by atoms with Crippen molar-refractivity contribution in [2.75, 3.05) is 33.7 Å². The molecule has 1 saturated heterocycles. The lowest BCUT2D eigenvalue weighted by Gasteiger charge is -2.37. The van der Waals surface area contributed by atoms with Gasteiger partial charge in [-0.3, -0.25) is 9.69 Å². The molecular weight excluding hydrogens is 250 g/mol. The predicted octanol–water partition coefficient (Wildman–Crippen LogP) is 1.71. The van der Waals surface area contributed by atoms with E-state index in [-0.39, 0.29) is 5.91 Å². The average molecular weight is 281 g/mol. The first kappa shape index (κ1) is 15.8. The normalized spacial score (nSPS) is 29.4. The van der Waals surface area contributed by atoms with Crippen LogP contribution in [-0.2, 0) is 4.79 Å². The lowest BCUT2D eigenvalue weighted by molar-refractivity contribution is -0.130. The fourth-order valence-electron chi connectivity index (χ4n) is 3.46. The Morgan fingerprint density at radius 1 is 1.15 bits per heavy atom. The van der Waals surface area contributed by atoms with Crippen molar-refractivity contribution in [2.45, 2.75) is 57.5 Å². The van der Waals surface area contributed by atoms with Gasteiger partial charge in [-0.15, -0.1) is 0 Å². The van der Waals surface area contributed by atoms with Gasteiger partial charge in [-0.05, 0) is 31.6 Å². The summed E-state index contributed by atoms with van der Waals surface area (Å²) in [7, 11) is 3.67. The van der Waals surface area contributed by atoms with Crippen molar-refractivity contribution in [1.29, 1.82) is 0 Å². The molecule has 116 valence electrons. The highest BCUT2D eigenvalue weighted by molar-refractivity contribution is 5.77. The Balaban J connectivity index is 1.70. The zero-order valence-corrected chi connectivity index (χ0v) is 13.4. The van der Waals surface area contributed by atoms with Crippen molar-refractivity contribution in [3.63, 3.8) is 0 Å². The summed E-state index contributed by atoms with van der Waals surface area (Å²) in [4.78, 5) is 15.7. The predicted molar refractivity (Wildman–Crippen MR) is 82.7 cm³/mol. The first-order chi connectivity index (χ1) is 9.56. The number of rotatable bonds is 4. The molecule has 2 aliphatic rings. The maximum absolute atomic E-state index is 11.7. The van der Waals surface area contributed by atoms with E-state index in [1.54, 1.807) is 4.90 Å². The molecule has 2 fully saturated rings. The molecule has 20 heavy (non-hydrogen) atoms. The topological polar surface area (TPSA) is 35.6 Å². The number of amides is 1. The van der Waals surface area contributed by atoms with E-state index in [1.807, 2.05) is 14.1 Å². The second-order valence-corrected chi connectivity index (χ2v) is 6.87. The molecule has 0 aromatic rings. The SMILES string of the molecule is CC1CCCCC1NC1CCN(CC(=O)N(C)C)CC1. The molecule has 2 unspecified atom stereocenters. The number of nitrogens with one attached hydrogen (secondary N) is 1. The minimum atomic E-state index is 0.220. The fraction of sp³-hybridized carbons (Fsp3) is 0.938. The molecule has 1 aliphatic heterocycles. The van der Waals surface area contributed by atoms with E-state index in [2.05, 4.69) is 17.1 Å². The highest BCUT2D eigenvalue weighted by Gasteiger charge is 2.26. The van der Waals surface area contributed by atoms with Crippen molar-refractivity contribution < 1.29 is 4.79 Å². The Hall–Kier alpha value is -0.610. The van der Waals surface area contributed by atoms with E-state index in [4.69, 9.17) is 0 Å². The lowest BCUT2D eigenvalue weighted by Crippen LogP contribution is -2.50. The van der Waals surface area contributed by atoms with Crippen LogP contribution in [0.3, 0.4) is 0 Å². The van der Waals surface area contributed by atoms with Gasteiger partial charge in [0.2, 0.25) is 5.91 Å². The van der Waals surface area contributed by atoms with Gasteiger partial charge in [0.15, 0.2) is 0 Å². The van der Waals surface area contributed by atoms with Crippen molar-refractivity contribution in [2.24, 2.45) is 5.92 Å². The standard InChI is InChI=1S/C16H31N3O/c1-13-6-4-5-7-15(13)17-14-8-10-19(11-9-14)12-16(20)18(2)3/h13-15,17H,4-12H2,1-3H3. The molecule has 4 heteroatoms. The van der Waals surface area contributed by atoms with Crippen LogP contribution in [0.4, 0.5) is 0 Å². The van der Waals surface area contributed by atoms with Crippen LogP contribution in [-0.4, -0.2) is 61.5 Å². The summed E-state index contributed by atoms with van der Waals surface area (Å²) < 4.78 is 0. The number of carbonyl (C=O) groups is 1. The van der Waals surface area contributed by atoms with Crippen molar-refractivity contribution >= 4 is 5.91 Å². The van der Waals surface area contributed by atoms with Gasteiger partial charge in [0.05, 0.1) is 6.54 Å². The number of likely N-dealkylation sites (N-methyl/N-ethyl adjacent to an activating group) is 1.